The summed E-state index contributed by atoms with van der Waals surface area (Å²) in [7, 11) is 1.58. The van der Waals surface area contributed by atoms with Crippen LogP contribution in [0.3, 0.4) is 0 Å². The van der Waals surface area contributed by atoms with Crippen molar-refractivity contribution in [1.29, 1.82) is 0 Å². The number of non-ortho nitro benzene ring substituents is 1. The molecule has 0 aliphatic carbocycles. The maximum atomic E-state index is 13.1. The number of ether oxygens (including phenoxy) is 1. The molecule has 1 amide bonds. The fraction of sp³-hybridized carbons (Fsp3) is 0.154. The van der Waals surface area contributed by atoms with Gasteiger partial charge in [0.15, 0.2) is 0 Å². The molecule has 1 saturated heterocycles. The summed E-state index contributed by atoms with van der Waals surface area (Å²) in [6.45, 7) is 0.178. The van der Waals surface area contributed by atoms with Crippen molar-refractivity contribution >= 4 is 34.0 Å². The van der Waals surface area contributed by atoms with Crippen molar-refractivity contribution < 1.29 is 28.8 Å². The molecule has 2 N–H and O–H groups in total. The molecule has 0 radical (unpaired) electrons. The average molecular weight is 487 g/mol. The highest BCUT2D eigenvalue weighted by Crippen LogP contribution is 2.40. The summed E-state index contributed by atoms with van der Waals surface area (Å²) in [4.78, 5) is 41.2. The lowest BCUT2D eigenvalue weighted by Crippen LogP contribution is -2.31. The number of benzene rings is 2. The van der Waals surface area contributed by atoms with Crippen LogP contribution in [0.4, 0.5) is 5.69 Å². The number of amides is 1. The summed E-state index contributed by atoms with van der Waals surface area (Å²) in [5, 5.41) is 22.9. The fourth-order valence-corrected chi connectivity index (χ4v) is 4.48. The van der Waals surface area contributed by atoms with E-state index in [0.29, 0.717) is 17.9 Å². The van der Waals surface area contributed by atoms with E-state index >= 15 is 0 Å². The Hall–Kier alpha value is -4.86. The van der Waals surface area contributed by atoms with Crippen molar-refractivity contribution in [3.8, 4) is 5.75 Å². The number of nitrogens with zero attached hydrogens (tertiary/aromatic N) is 2. The number of nitro groups is 1. The van der Waals surface area contributed by atoms with Crippen LogP contribution in [0.1, 0.15) is 22.9 Å². The second-order valence-electron chi connectivity index (χ2n) is 8.29. The summed E-state index contributed by atoms with van der Waals surface area (Å²) in [6.07, 6.45) is 3.70. The fourth-order valence-electron chi connectivity index (χ4n) is 4.48. The highest BCUT2D eigenvalue weighted by atomic mass is 16.6. The first kappa shape index (κ1) is 22.9. The number of rotatable bonds is 7. The molecule has 1 fully saturated rings. The first-order valence-corrected chi connectivity index (χ1v) is 11.1. The van der Waals surface area contributed by atoms with Gasteiger partial charge in [0.1, 0.15) is 23.3 Å². The van der Waals surface area contributed by atoms with Gasteiger partial charge in [-0.15, -0.1) is 0 Å². The molecule has 1 atom stereocenters. The molecule has 1 aliphatic rings. The van der Waals surface area contributed by atoms with E-state index in [1.165, 1.54) is 35.4 Å². The standard InChI is InChI=1S/C26H21N3O7/c1-35-18-8-9-20-19(13-18)16(14-27-20)10-11-28-23(21-3-2-12-36-21)22(25(31)26(28)32)24(30)15-4-6-17(7-5-15)29(33)34/h2-9,12-14,23,27,30H,10-11H2,1H3/t23-/m0/s1. The Morgan fingerprint density at radius 2 is 1.97 bits per heavy atom. The molecule has 5 rings (SSSR count). The Kier molecular flexibility index (Phi) is 5.77. The molecule has 0 spiro atoms. The van der Waals surface area contributed by atoms with Gasteiger partial charge in [0.25, 0.3) is 17.4 Å². The number of ketones is 1. The van der Waals surface area contributed by atoms with E-state index in [2.05, 4.69) is 4.98 Å². The van der Waals surface area contributed by atoms with Crippen molar-refractivity contribution in [3.63, 3.8) is 0 Å². The monoisotopic (exact) mass is 487 g/mol. The van der Waals surface area contributed by atoms with Crippen molar-refractivity contribution in [2.24, 2.45) is 0 Å². The topological polar surface area (TPSA) is 139 Å². The minimum atomic E-state index is -0.949. The number of furan rings is 1. The Balaban J connectivity index is 1.51. The zero-order chi connectivity index (χ0) is 25.4. The molecule has 10 heteroatoms. The van der Waals surface area contributed by atoms with Gasteiger partial charge in [-0.3, -0.25) is 19.7 Å². The number of aromatic nitrogens is 1. The van der Waals surface area contributed by atoms with Gasteiger partial charge < -0.3 is 24.1 Å². The largest absolute Gasteiger partial charge is 0.507 e. The maximum Gasteiger partial charge on any atom is 0.295 e. The smallest absolute Gasteiger partial charge is 0.295 e. The molecule has 0 bridgehead atoms. The third kappa shape index (κ3) is 3.88. The van der Waals surface area contributed by atoms with Crippen molar-refractivity contribution in [1.82, 2.24) is 9.88 Å². The first-order valence-electron chi connectivity index (χ1n) is 11.1. The van der Waals surface area contributed by atoms with Gasteiger partial charge in [0, 0.05) is 41.3 Å². The number of nitro benzene ring substituents is 1. The van der Waals surface area contributed by atoms with Crippen LogP contribution in [0.25, 0.3) is 16.7 Å². The van der Waals surface area contributed by atoms with Gasteiger partial charge in [-0.25, -0.2) is 0 Å². The molecule has 2 aromatic heterocycles. The number of nitrogens with one attached hydrogen (secondary N) is 1. The number of aliphatic hydroxyl groups is 1. The van der Waals surface area contributed by atoms with Gasteiger partial charge in [0.05, 0.1) is 23.9 Å². The van der Waals surface area contributed by atoms with E-state index in [9.17, 15) is 24.8 Å². The van der Waals surface area contributed by atoms with Gasteiger partial charge in [-0.1, -0.05) is 0 Å². The molecular formula is C26H21N3O7. The van der Waals surface area contributed by atoms with Crippen LogP contribution in [0.5, 0.6) is 5.75 Å². The Labute approximate surface area is 204 Å². The predicted molar refractivity (Wildman–Crippen MR) is 129 cm³/mol. The molecule has 36 heavy (non-hydrogen) atoms. The molecule has 1 aliphatic heterocycles. The number of fused-ring (bicyclic) bond motifs is 1. The van der Waals surface area contributed by atoms with E-state index < -0.39 is 28.4 Å². The summed E-state index contributed by atoms with van der Waals surface area (Å²) < 4.78 is 10.9. The first-order chi connectivity index (χ1) is 17.4. The number of aromatic amines is 1. The Morgan fingerprint density at radius 3 is 2.64 bits per heavy atom. The molecule has 0 unspecified atom stereocenters. The minimum Gasteiger partial charge on any atom is -0.507 e. The number of aliphatic hydroxyl groups excluding tert-OH is 1. The predicted octanol–water partition coefficient (Wildman–Crippen LogP) is 4.34. The Bertz CT molecular complexity index is 1500. The number of likely N-dealkylation sites (tertiary alicyclic amines) is 1. The van der Waals surface area contributed by atoms with Gasteiger partial charge in [0.2, 0.25) is 0 Å². The van der Waals surface area contributed by atoms with Crippen LogP contribution in [0.2, 0.25) is 0 Å². The van der Waals surface area contributed by atoms with Gasteiger partial charge >= 0.3 is 0 Å². The summed E-state index contributed by atoms with van der Waals surface area (Å²) >= 11 is 0. The number of hydrogen-bond donors (Lipinski definition) is 2. The van der Waals surface area contributed by atoms with Crippen LogP contribution in [0.15, 0.2) is 77.0 Å². The lowest BCUT2D eigenvalue weighted by atomic mass is 9.99. The highest BCUT2D eigenvalue weighted by Gasteiger charge is 2.47. The van der Waals surface area contributed by atoms with E-state index in [0.717, 1.165) is 16.5 Å². The summed E-state index contributed by atoms with van der Waals surface area (Å²) in [5.74, 6) is -1.03. The molecule has 10 nitrogen and oxygen atoms in total. The molecule has 0 saturated carbocycles. The third-order valence-electron chi connectivity index (χ3n) is 6.30. The van der Waals surface area contributed by atoms with Gasteiger partial charge in [-0.05, 0) is 54.4 Å². The van der Waals surface area contributed by atoms with Crippen molar-refractivity contribution in [2.45, 2.75) is 12.5 Å². The molecular weight excluding hydrogens is 466 g/mol. The molecule has 2 aromatic carbocycles. The number of H-pyrrole nitrogens is 1. The molecule has 4 aromatic rings. The minimum absolute atomic E-state index is 0.135. The molecule has 182 valence electrons. The normalized spacial score (nSPS) is 17.1. The average Bonchev–Trinajstić information content (AvgIpc) is 3.61. The number of carbonyl (C=O) groups is 2. The van der Waals surface area contributed by atoms with Crippen molar-refractivity contribution in [2.75, 3.05) is 13.7 Å². The second-order valence-corrected chi connectivity index (χ2v) is 8.29. The number of methoxy groups -OCH3 is 1. The van der Waals surface area contributed by atoms with Crippen molar-refractivity contribution in [3.05, 3.63) is 99.6 Å². The van der Waals surface area contributed by atoms with Crippen LogP contribution in [0, 0.1) is 10.1 Å². The zero-order valence-corrected chi connectivity index (χ0v) is 19.1. The zero-order valence-electron chi connectivity index (χ0n) is 19.1. The quantitative estimate of drug-likeness (QED) is 0.130. The van der Waals surface area contributed by atoms with E-state index in [1.807, 2.05) is 24.4 Å². The van der Waals surface area contributed by atoms with E-state index in [4.69, 9.17) is 9.15 Å². The van der Waals surface area contributed by atoms with Crippen LogP contribution >= 0.6 is 0 Å². The molecule has 3 heterocycles. The van der Waals surface area contributed by atoms with E-state index in [1.54, 1.807) is 19.2 Å². The van der Waals surface area contributed by atoms with E-state index in [-0.39, 0.29) is 23.4 Å². The second kappa shape index (κ2) is 9.06. The maximum absolute atomic E-state index is 13.1. The summed E-state index contributed by atoms with van der Waals surface area (Å²) in [6, 6.07) is 13.1. The van der Waals surface area contributed by atoms with Crippen LogP contribution in [-0.4, -0.2) is 45.3 Å². The lowest BCUT2D eigenvalue weighted by Gasteiger charge is -2.23. The number of carbonyl (C=O) groups excluding carboxylic acids is 2. The van der Waals surface area contributed by atoms with Gasteiger partial charge in [-0.2, -0.15) is 0 Å². The summed E-state index contributed by atoms with van der Waals surface area (Å²) in [5.41, 5.74) is 1.72. The third-order valence-corrected chi connectivity index (χ3v) is 6.30. The number of Topliss-reactive ketones (excluding diaryl/α,β-unsaturated/α-hetero) is 1. The Morgan fingerprint density at radius 1 is 1.19 bits per heavy atom. The highest BCUT2D eigenvalue weighted by molar-refractivity contribution is 6.46. The SMILES string of the molecule is COc1ccc2[nH]cc(CCN3C(=O)C(=O)C(=C(O)c4ccc([N+](=O)[O-])cc4)[C@@H]3c3ccco3)c2c1. The van der Waals surface area contributed by atoms with Crippen LogP contribution in [-0.2, 0) is 16.0 Å². The number of hydrogen-bond acceptors (Lipinski definition) is 7. The van der Waals surface area contributed by atoms with Crippen LogP contribution < -0.4 is 4.74 Å². The lowest BCUT2D eigenvalue weighted by molar-refractivity contribution is -0.384.